The van der Waals surface area contributed by atoms with E-state index in [0.29, 0.717) is 12.1 Å². The number of nitrogens with zero attached hydrogens (tertiary/aromatic N) is 2. The third kappa shape index (κ3) is 4.65. The molecule has 2 fully saturated rings. The Morgan fingerprint density at radius 2 is 1.83 bits per heavy atom. The van der Waals surface area contributed by atoms with Gasteiger partial charge < -0.3 is 15.0 Å². The van der Waals surface area contributed by atoms with Gasteiger partial charge in [-0.25, -0.2) is 8.78 Å². The highest BCUT2D eigenvalue weighted by molar-refractivity contribution is 5.47. The Balaban J connectivity index is 1.43. The zero-order valence-electron chi connectivity index (χ0n) is 14.3. The van der Waals surface area contributed by atoms with Crippen molar-refractivity contribution in [1.29, 1.82) is 0 Å². The van der Waals surface area contributed by atoms with Crippen molar-refractivity contribution in [2.75, 3.05) is 50.8 Å². The van der Waals surface area contributed by atoms with Crippen LogP contribution in [0.1, 0.15) is 19.8 Å². The summed E-state index contributed by atoms with van der Waals surface area (Å²) in [6, 6.07) is 5.10. The van der Waals surface area contributed by atoms with Gasteiger partial charge in [-0.3, -0.25) is 4.90 Å². The van der Waals surface area contributed by atoms with Gasteiger partial charge in [0.05, 0.1) is 13.2 Å². The molecule has 2 aliphatic rings. The highest BCUT2D eigenvalue weighted by Crippen LogP contribution is 2.22. The quantitative estimate of drug-likeness (QED) is 0.890. The molecule has 0 bridgehead atoms. The van der Waals surface area contributed by atoms with E-state index >= 15 is 0 Å². The standard InChI is InChI=1S/C18H27F2N3O/c1-14(13-22-8-10-24-11-9-22)21-15-4-6-23(7-5-15)16-2-3-17(19)18(20)12-16/h2-3,12,14-15,21H,4-11,13H2,1H3/t14-/m1/s1. The van der Waals surface area contributed by atoms with E-state index in [0.717, 1.165) is 64.5 Å². The minimum absolute atomic E-state index is 0.447. The lowest BCUT2D eigenvalue weighted by molar-refractivity contribution is 0.0337. The smallest absolute Gasteiger partial charge is 0.160 e. The Kier molecular flexibility index (Phi) is 6.03. The van der Waals surface area contributed by atoms with Gasteiger partial charge >= 0.3 is 0 Å². The van der Waals surface area contributed by atoms with Crippen LogP contribution in [0.3, 0.4) is 0 Å². The van der Waals surface area contributed by atoms with Gasteiger partial charge in [0.15, 0.2) is 11.6 Å². The number of anilines is 1. The van der Waals surface area contributed by atoms with Crippen molar-refractivity contribution >= 4 is 5.69 Å². The molecular weight excluding hydrogens is 312 g/mol. The van der Waals surface area contributed by atoms with Crippen LogP contribution >= 0.6 is 0 Å². The van der Waals surface area contributed by atoms with Gasteiger partial charge in [0, 0.05) is 56.6 Å². The lowest BCUT2D eigenvalue weighted by atomic mass is 10.0. The summed E-state index contributed by atoms with van der Waals surface area (Å²) in [5, 5.41) is 3.72. The molecule has 2 aliphatic heterocycles. The molecule has 0 aromatic heterocycles. The monoisotopic (exact) mass is 339 g/mol. The lowest BCUT2D eigenvalue weighted by Crippen LogP contribution is -2.50. The molecule has 4 nitrogen and oxygen atoms in total. The first-order valence-electron chi connectivity index (χ1n) is 8.88. The lowest BCUT2D eigenvalue weighted by Gasteiger charge is -2.36. The third-order valence-electron chi connectivity index (χ3n) is 4.92. The van der Waals surface area contributed by atoms with Crippen LogP contribution in [0.15, 0.2) is 18.2 Å². The van der Waals surface area contributed by atoms with Crippen LogP contribution in [-0.2, 0) is 4.74 Å². The summed E-state index contributed by atoms with van der Waals surface area (Å²) in [7, 11) is 0. The molecule has 2 heterocycles. The van der Waals surface area contributed by atoms with Crippen molar-refractivity contribution in [3.05, 3.63) is 29.8 Å². The molecule has 0 amide bonds. The highest BCUT2D eigenvalue weighted by Gasteiger charge is 2.22. The normalized spacial score (nSPS) is 21.9. The summed E-state index contributed by atoms with van der Waals surface area (Å²) in [6.45, 7) is 8.71. The van der Waals surface area contributed by atoms with Crippen molar-refractivity contribution in [3.63, 3.8) is 0 Å². The number of rotatable bonds is 5. The van der Waals surface area contributed by atoms with Gasteiger partial charge in [0.2, 0.25) is 0 Å². The van der Waals surface area contributed by atoms with Crippen LogP contribution in [-0.4, -0.2) is 62.9 Å². The summed E-state index contributed by atoms with van der Waals surface area (Å²) >= 11 is 0. The van der Waals surface area contributed by atoms with Gasteiger partial charge in [0.25, 0.3) is 0 Å². The second-order valence-electron chi connectivity index (χ2n) is 6.84. The van der Waals surface area contributed by atoms with E-state index in [1.54, 1.807) is 6.07 Å². The maximum Gasteiger partial charge on any atom is 0.160 e. The Morgan fingerprint density at radius 1 is 1.12 bits per heavy atom. The molecule has 0 radical (unpaired) electrons. The van der Waals surface area contributed by atoms with E-state index in [1.165, 1.54) is 12.1 Å². The van der Waals surface area contributed by atoms with Crippen LogP contribution in [0.4, 0.5) is 14.5 Å². The van der Waals surface area contributed by atoms with Crippen molar-refractivity contribution in [2.45, 2.75) is 31.8 Å². The van der Waals surface area contributed by atoms with Crippen LogP contribution in [0, 0.1) is 11.6 Å². The first kappa shape index (κ1) is 17.6. The van der Waals surface area contributed by atoms with Gasteiger partial charge in [-0.05, 0) is 31.9 Å². The average Bonchev–Trinajstić information content (AvgIpc) is 2.59. The number of benzene rings is 1. The molecule has 1 aromatic rings. The zero-order valence-corrected chi connectivity index (χ0v) is 14.3. The number of morpholine rings is 1. The molecular formula is C18H27F2N3O. The van der Waals surface area contributed by atoms with Gasteiger partial charge in [0.1, 0.15) is 0 Å². The minimum Gasteiger partial charge on any atom is -0.379 e. The molecule has 6 heteroatoms. The van der Waals surface area contributed by atoms with Crippen molar-refractivity contribution < 1.29 is 13.5 Å². The largest absolute Gasteiger partial charge is 0.379 e. The van der Waals surface area contributed by atoms with E-state index in [1.807, 2.05) is 0 Å². The van der Waals surface area contributed by atoms with Crippen molar-refractivity contribution in [1.82, 2.24) is 10.2 Å². The van der Waals surface area contributed by atoms with Crippen LogP contribution < -0.4 is 10.2 Å². The van der Waals surface area contributed by atoms with E-state index in [2.05, 4.69) is 22.0 Å². The van der Waals surface area contributed by atoms with E-state index < -0.39 is 11.6 Å². The first-order valence-corrected chi connectivity index (χ1v) is 8.88. The molecule has 0 aliphatic carbocycles. The topological polar surface area (TPSA) is 27.7 Å². The Hall–Kier alpha value is -1.24. The molecule has 0 unspecified atom stereocenters. The van der Waals surface area contributed by atoms with E-state index in [9.17, 15) is 8.78 Å². The predicted octanol–water partition coefficient (Wildman–Crippen LogP) is 2.24. The fourth-order valence-corrected chi connectivity index (χ4v) is 3.61. The Morgan fingerprint density at radius 3 is 2.50 bits per heavy atom. The molecule has 0 spiro atoms. The fourth-order valence-electron chi connectivity index (χ4n) is 3.61. The molecule has 2 saturated heterocycles. The van der Waals surface area contributed by atoms with E-state index in [-0.39, 0.29) is 0 Å². The minimum atomic E-state index is -0.785. The molecule has 134 valence electrons. The SMILES string of the molecule is C[C@H](CN1CCOCC1)NC1CCN(c2ccc(F)c(F)c2)CC1. The average molecular weight is 339 g/mol. The number of hydrogen-bond acceptors (Lipinski definition) is 4. The van der Waals surface area contributed by atoms with Gasteiger partial charge in [-0.1, -0.05) is 0 Å². The predicted molar refractivity (Wildman–Crippen MR) is 91.4 cm³/mol. The van der Waals surface area contributed by atoms with Crippen molar-refractivity contribution in [3.8, 4) is 0 Å². The molecule has 0 saturated carbocycles. The summed E-state index contributed by atoms with van der Waals surface area (Å²) in [5.74, 6) is -1.56. The number of hydrogen-bond donors (Lipinski definition) is 1. The van der Waals surface area contributed by atoms with Gasteiger partial charge in [-0.2, -0.15) is 0 Å². The zero-order chi connectivity index (χ0) is 16.9. The number of halogens is 2. The molecule has 3 rings (SSSR count). The third-order valence-corrected chi connectivity index (χ3v) is 4.92. The maximum atomic E-state index is 13.4. The maximum absolute atomic E-state index is 13.4. The summed E-state index contributed by atoms with van der Waals surface area (Å²) in [4.78, 5) is 4.57. The summed E-state index contributed by atoms with van der Waals surface area (Å²) in [6.07, 6.45) is 2.04. The summed E-state index contributed by atoms with van der Waals surface area (Å²) in [5.41, 5.74) is 0.772. The number of piperidine rings is 1. The Labute approximate surface area is 142 Å². The van der Waals surface area contributed by atoms with E-state index in [4.69, 9.17) is 4.74 Å². The van der Waals surface area contributed by atoms with Crippen molar-refractivity contribution in [2.24, 2.45) is 0 Å². The fraction of sp³-hybridized carbons (Fsp3) is 0.667. The van der Waals surface area contributed by atoms with Gasteiger partial charge in [-0.15, -0.1) is 0 Å². The Bertz CT molecular complexity index is 529. The summed E-state index contributed by atoms with van der Waals surface area (Å²) < 4.78 is 31.8. The highest BCUT2D eigenvalue weighted by atomic mass is 19.2. The molecule has 1 aromatic carbocycles. The van der Waals surface area contributed by atoms with Crippen LogP contribution in [0.2, 0.25) is 0 Å². The molecule has 1 N–H and O–H groups in total. The number of nitrogens with one attached hydrogen (secondary N) is 1. The van der Waals surface area contributed by atoms with Crippen LogP contribution in [0.25, 0.3) is 0 Å². The second-order valence-corrected chi connectivity index (χ2v) is 6.84. The van der Waals surface area contributed by atoms with Crippen LogP contribution in [0.5, 0.6) is 0 Å². The molecule has 1 atom stereocenters. The first-order chi connectivity index (χ1) is 11.6. The second kappa shape index (κ2) is 8.23. The number of ether oxygens (including phenoxy) is 1. The molecule has 24 heavy (non-hydrogen) atoms.